The molecule has 1 atom stereocenters. The molecule has 0 bridgehead atoms. The van der Waals surface area contributed by atoms with Crippen molar-refractivity contribution in [2.75, 3.05) is 24.3 Å². The molecule has 0 aliphatic carbocycles. The van der Waals surface area contributed by atoms with Crippen LogP contribution < -0.4 is 10.2 Å². The molecule has 0 saturated heterocycles. The maximum absolute atomic E-state index is 3.58. The third-order valence-corrected chi connectivity index (χ3v) is 3.85. The molecule has 2 aromatic carbocycles. The zero-order valence-electron chi connectivity index (χ0n) is 13.7. The highest BCUT2D eigenvalue weighted by atomic mass is 15.1. The van der Waals surface area contributed by atoms with E-state index < -0.39 is 0 Å². The maximum atomic E-state index is 3.58. The fourth-order valence-corrected chi connectivity index (χ4v) is 2.38. The van der Waals surface area contributed by atoms with E-state index in [1.807, 2.05) is 0 Å². The standard InChI is InChI=1S/C19H26N2/c1-14(2)16-9-11-17(12-10-16)15(3)20-18-7-6-8-19(13-18)21(4)5/h6-15,20H,1-5H3. The molecule has 0 radical (unpaired) electrons. The average molecular weight is 282 g/mol. The van der Waals surface area contributed by atoms with Crippen molar-refractivity contribution < 1.29 is 0 Å². The van der Waals surface area contributed by atoms with Crippen LogP contribution in [0, 0.1) is 0 Å². The molecule has 1 N–H and O–H groups in total. The lowest BCUT2D eigenvalue weighted by Gasteiger charge is -2.19. The van der Waals surface area contributed by atoms with Crippen molar-refractivity contribution in [3.8, 4) is 0 Å². The van der Waals surface area contributed by atoms with Crippen molar-refractivity contribution in [3.05, 3.63) is 59.7 Å². The number of rotatable bonds is 5. The molecule has 0 amide bonds. The predicted molar refractivity (Wildman–Crippen MR) is 93.3 cm³/mol. The Morgan fingerprint density at radius 1 is 0.857 bits per heavy atom. The number of anilines is 2. The maximum Gasteiger partial charge on any atom is 0.0485 e. The van der Waals surface area contributed by atoms with E-state index in [1.54, 1.807) is 0 Å². The summed E-state index contributed by atoms with van der Waals surface area (Å²) >= 11 is 0. The Bertz CT molecular complexity index is 570. The second-order valence-corrected chi connectivity index (χ2v) is 6.13. The molecule has 2 heteroatoms. The molecule has 2 nitrogen and oxygen atoms in total. The topological polar surface area (TPSA) is 15.3 Å². The monoisotopic (exact) mass is 282 g/mol. The van der Waals surface area contributed by atoms with E-state index in [4.69, 9.17) is 0 Å². The first kappa shape index (κ1) is 15.4. The summed E-state index contributed by atoms with van der Waals surface area (Å²) in [5.74, 6) is 0.582. The Morgan fingerprint density at radius 3 is 2.05 bits per heavy atom. The van der Waals surface area contributed by atoms with Crippen molar-refractivity contribution in [3.63, 3.8) is 0 Å². The molecular weight excluding hydrogens is 256 g/mol. The number of hydrogen-bond donors (Lipinski definition) is 1. The summed E-state index contributed by atoms with van der Waals surface area (Å²) in [7, 11) is 4.13. The van der Waals surface area contributed by atoms with Crippen LogP contribution >= 0.6 is 0 Å². The summed E-state index contributed by atoms with van der Waals surface area (Å²) in [5, 5.41) is 3.58. The number of nitrogens with zero attached hydrogens (tertiary/aromatic N) is 1. The predicted octanol–water partition coefficient (Wildman–Crippen LogP) is 5.05. The van der Waals surface area contributed by atoms with Gasteiger partial charge in [-0.1, -0.05) is 44.2 Å². The van der Waals surface area contributed by atoms with E-state index >= 15 is 0 Å². The molecule has 2 rings (SSSR count). The largest absolute Gasteiger partial charge is 0.378 e. The van der Waals surface area contributed by atoms with Crippen LogP contribution in [0.4, 0.5) is 11.4 Å². The summed E-state index contributed by atoms with van der Waals surface area (Å²) in [6.07, 6.45) is 0. The van der Waals surface area contributed by atoms with E-state index in [0.717, 1.165) is 5.69 Å². The van der Waals surface area contributed by atoms with Crippen LogP contribution in [-0.2, 0) is 0 Å². The minimum Gasteiger partial charge on any atom is -0.378 e. The molecular formula is C19H26N2. The second kappa shape index (κ2) is 6.66. The van der Waals surface area contributed by atoms with E-state index in [1.165, 1.54) is 16.8 Å². The quantitative estimate of drug-likeness (QED) is 0.825. The third-order valence-electron chi connectivity index (χ3n) is 3.85. The van der Waals surface area contributed by atoms with Gasteiger partial charge in [-0.3, -0.25) is 0 Å². The van der Waals surface area contributed by atoms with Gasteiger partial charge in [-0.05, 0) is 42.2 Å². The highest BCUT2D eigenvalue weighted by Crippen LogP contribution is 2.24. The smallest absolute Gasteiger partial charge is 0.0485 e. The highest BCUT2D eigenvalue weighted by Gasteiger charge is 2.07. The second-order valence-electron chi connectivity index (χ2n) is 6.13. The third kappa shape index (κ3) is 4.01. The highest BCUT2D eigenvalue weighted by molar-refractivity contribution is 5.58. The lowest BCUT2D eigenvalue weighted by molar-refractivity contribution is 0.852. The van der Waals surface area contributed by atoms with Gasteiger partial charge in [-0.15, -0.1) is 0 Å². The summed E-state index contributed by atoms with van der Waals surface area (Å²) < 4.78 is 0. The first-order valence-corrected chi connectivity index (χ1v) is 7.61. The van der Waals surface area contributed by atoms with Crippen LogP contribution in [0.2, 0.25) is 0 Å². The van der Waals surface area contributed by atoms with Gasteiger partial charge in [0.15, 0.2) is 0 Å². The van der Waals surface area contributed by atoms with Gasteiger partial charge in [0.2, 0.25) is 0 Å². The fraction of sp³-hybridized carbons (Fsp3) is 0.368. The van der Waals surface area contributed by atoms with Crippen molar-refractivity contribution >= 4 is 11.4 Å². The van der Waals surface area contributed by atoms with Crippen molar-refractivity contribution in [2.45, 2.75) is 32.7 Å². The van der Waals surface area contributed by atoms with Gasteiger partial charge in [0.25, 0.3) is 0 Å². The zero-order valence-corrected chi connectivity index (χ0v) is 13.7. The van der Waals surface area contributed by atoms with Crippen molar-refractivity contribution in [1.29, 1.82) is 0 Å². The van der Waals surface area contributed by atoms with Crippen LogP contribution in [0.25, 0.3) is 0 Å². The molecule has 0 spiro atoms. The molecule has 0 aromatic heterocycles. The summed E-state index contributed by atoms with van der Waals surface area (Å²) in [5.41, 5.74) is 5.07. The van der Waals surface area contributed by atoms with Gasteiger partial charge in [0.1, 0.15) is 0 Å². The van der Waals surface area contributed by atoms with Gasteiger partial charge in [0, 0.05) is 31.5 Å². The Labute approximate surface area is 128 Å². The average Bonchev–Trinajstić information content (AvgIpc) is 2.47. The van der Waals surface area contributed by atoms with Gasteiger partial charge in [0.05, 0.1) is 0 Å². The number of hydrogen-bond acceptors (Lipinski definition) is 2. The Morgan fingerprint density at radius 2 is 1.48 bits per heavy atom. The Kier molecular flexibility index (Phi) is 4.89. The molecule has 0 fully saturated rings. The van der Waals surface area contributed by atoms with Gasteiger partial charge < -0.3 is 10.2 Å². The Balaban J connectivity index is 2.10. The SMILES string of the molecule is CC(C)c1ccc(C(C)Nc2cccc(N(C)C)c2)cc1. The first-order chi connectivity index (χ1) is 9.97. The van der Waals surface area contributed by atoms with Crippen LogP contribution in [0.3, 0.4) is 0 Å². The minimum absolute atomic E-state index is 0.295. The molecule has 0 heterocycles. The van der Waals surface area contributed by atoms with E-state index in [0.29, 0.717) is 12.0 Å². The van der Waals surface area contributed by atoms with E-state index in [-0.39, 0.29) is 0 Å². The molecule has 0 saturated carbocycles. The van der Waals surface area contributed by atoms with Crippen molar-refractivity contribution in [2.24, 2.45) is 0 Å². The van der Waals surface area contributed by atoms with Gasteiger partial charge in [-0.25, -0.2) is 0 Å². The van der Waals surface area contributed by atoms with E-state index in [2.05, 4.69) is 93.6 Å². The van der Waals surface area contributed by atoms with Gasteiger partial charge in [-0.2, -0.15) is 0 Å². The zero-order chi connectivity index (χ0) is 15.4. The normalized spacial score (nSPS) is 12.3. The summed E-state index contributed by atoms with van der Waals surface area (Å²) in [6.45, 7) is 6.65. The lowest BCUT2D eigenvalue weighted by Crippen LogP contribution is -2.10. The first-order valence-electron chi connectivity index (χ1n) is 7.61. The molecule has 112 valence electrons. The minimum atomic E-state index is 0.295. The van der Waals surface area contributed by atoms with Crippen LogP contribution in [0.1, 0.15) is 43.9 Å². The summed E-state index contributed by atoms with van der Waals surface area (Å²) in [4.78, 5) is 2.12. The number of benzene rings is 2. The molecule has 2 aromatic rings. The van der Waals surface area contributed by atoms with Crippen LogP contribution in [0.15, 0.2) is 48.5 Å². The van der Waals surface area contributed by atoms with Crippen LogP contribution in [0.5, 0.6) is 0 Å². The van der Waals surface area contributed by atoms with E-state index in [9.17, 15) is 0 Å². The van der Waals surface area contributed by atoms with Crippen molar-refractivity contribution in [1.82, 2.24) is 0 Å². The van der Waals surface area contributed by atoms with Crippen LogP contribution in [-0.4, -0.2) is 14.1 Å². The molecule has 0 aliphatic rings. The lowest BCUT2D eigenvalue weighted by atomic mass is 9.99. The fourth-order valence-electron chi connectivity index (χ4n) is 2.38. The van der Waals surface area contributed by atoms with Gasteiger partial charge >= 0.3 is 0 Å². The summed E-state index contributed by atoms with van der Waals surface area (Å²) in [6, 6.07) is 17.7. The molecule has 0 aliphatic heterocycles. The molecule has 1 unspecified atom stereocenters. The Hall–Kier alpha value is -1.96. The number of nitrogens with one attached hydrogen (secondary N) is 1. The molecule has 21 heavy (non-hydrogen) atoms.